The number of hydrogen-bond donors (Lipinski definition) is 6. The van der Waals surface area contributed by atoms with Gasteiger partial charge in [-0.2, -0.15) is 0 Å². The molecule has 1 fully saturated rings. The number of carbonyl (C=O) groups is 7. The summed E-state index contributed by atoms with van der Waals surface area (Å²) in [6, 6.07) is -2.77. The van der Waals surface area contributed by atoms with Gasteiger partial charge < -0.3 is 40.2 Å². The van der Waals surface area contributed by atoms with Crippen molar-refractivity contribution in [1.82, 2.24) is 36.7 Å². The average Bonchev–Trinajstić information content (AvgIpc) is 3.77. The number of allylic oxidation sites excluding steroid dienone is 3. The maximum atomic E-state index is 14.7. The van der Waals surface area contributed by atoms with Crippen LogP contribution < -0.4 is 26.8 Å². The molecule has 1 aromatic heterocycles. The summed E-state index contributed by atoms with van der Waals surface area (Å²) in [4.78, 5) is 98.3. The molecule has 0 aromatic carbocycles. The van der Waals surface area contributed by atoms with Crippen molar-refractivity contribution in [1.29, 1.82) is 0 Å². The van der Waals surface area contributed by atoms with Gasteiger partial charge in [0.05, 0.1) is 18.9 Å². The number of esters is 2. The number of aromatic nitrogens is 1. The normalized spacial score (nSPS) is 16.9. The zero-order valence-electron chi connectivity index (χ0n) is 38.7. The molecule has 19 heteroatoms. The highest BCUT2D eigenvalue weighted by atomic mass is 32.1. The Morgan fingerprint density at radius 1 is 1.02 bits per heavy atom. The average molecular weight is 918 g/mol. The fourth-order valence-electron chi connectivity index (χ4n) is 6.97. The van der Waals surface area contributed by atoms with Gasteiger partial charge in [0.2, 0.25) is 17.7 Å². The Morgan fingerprint density at radius 2 is 1.75 bits per heavy atom. The van der Waals surface area contributed by atoms with E-state index in [4.69, 9.17) is 14.2 Å². The van der Waals surface area contributed by atoms with Crippen LogP contribution in [-0.2, 0) is 38.2 Å². The van der Waals surface area contributed by atoms with E-state index in [1.54, 1.807) is 19.1 Å². The Kier molecular flexibility index (Phi) is 25.0. The first kappa shape index (κ1) is 54.8. The van der Waals surface area contributed by atoms with Gasteiger partial charge in [-0.15, -0.1) is 11.3 Å². The fraction of sp³-hybridized carbons (Fsp3) is 0.644. The first-order valence-electron chi connectivity index (χ1n) is 22.3. The van der Waals surface area contributed by atoms with Gasteiger partial charge in [0.15, 0.2) is 12.8 Å². The van der Waals surface area contributed by atoms with Gasteiger partial charge in [-0.25, -0.2) is 15.2 Å². The molecular weight excluding hydrogens is 847 g/mol. The monoisotopic (exact) mass is 917 g/mol. The second-order valence-corrected chi connectivity index (χ2v) is 17.2. The van der Waals surface area contributed by atoms with Crippen molar-refractivity contribution in [2.45, 2.75) is 150 Å². The maximum Gasteiger partial charge on any atom is 0.426 e. The van der Waals surface area contributed by atoms with Crippen molar-refractivity contribution >= 4 is 53.0 Å². The van der Waals surface area contributed by atoms with Crippen molar-refractivity contribution in [2.75, 3.05) is 19.9 Å². The minimum Gasteiger partial charge on any atom is -0.516 e. The summed E-state index contributed by atoms with van der Waals surface area (Å²) in [6.07, 6.45) is 8.18. The van der Waals surface area contributed by atoms with E-state index in [1.807, 2.05) is 41.5 Å². The topological polar surface area (TPSA) is 244 Å². The number of aliphatic hydroxyl groups excluding tert-OH is 1. The number of rotatable bonds is 26. The van der Waals surface area contributed by atoms with Crippen LogP contribution in [-0.4, -0.2) is 101 Å². The van der Waals surface area contributed by atoms with Gasteiger partial charge in [-0.3, -0.25) is 34.2 Å². The van der Waals surface area contributed by atoms with Crippen molar-refractivity contribution in [2.24, 2.45) is 17.8 Å². The zero-order chi connectivity index (χ0) is 47.8. The number of ether oxygens (including phenoxy) is 3. The highest BCUT2D eigenvalue weighted by Gasteiger charge is 2.39. The highest BCUT2D eigenvalue weighted by Crippen LogP contribution is 2.32. The fourth-order valence-corrected chi connectivity index (χ4v) is 7.81. The van der Waals surface area contributed by atoms with Gasteiger partial charge in [0.25, 0.3) is 5.91 Å². The molecule has 1 aromatic rings. The number of thiazole rings is 1. The predicted octanol–water partition coefficient (Wildman–Crippen LogP) is 5.83. The standard InChI is InChI=1S/C45H71N7O11S/c1-10-17-38(55)62-27-52(44(59)39(29(7)12-3)49-41(57)34-19-14-15-20-46-34)36(28(5)6)25-37(63-31(9)54)43-48-35(26-64-43)42(58)47-33(24-32(13-4)18-16-21-53)23-30(8)40(56)50-51-45(60)61-22-11-2/h13,16,18,21,26,28-30,33-34,36-37,39,46,53H,4,10-12,14-15,17,19-20,22-25,27H2,1-3,5-9H3,(H,47,58)(H,49,57)(H,50,56)(H,51,60)/b21-16+,32-18+/t29?,30-,33+,34+,36+,37+,39-/m0/s1. The van der Waals surface area contributed by atoms with E-state index in [1.165, 1.54) is 23.3 Å². The van der Waals surface area contributed by atoms with Crippen molar-refractivity contribution in [3.63, 3.8) is 0 Å². The number of amides is 5. The molecule has 18 nitrogen and oxygen atoms in total. The molecule has 0 radical (unpaired) electrons. The largest absolute Gasteiger partial charge is 0.516 e. The molecule has 1 unspecified atom stereocenters. The SMILES string of the molecule is C=C/C(=C\C=C\O)C[C@@H](C[C@H](C)C(=O)NNC(=O)OCCC)NC(=O)c1csc([C@@H](C[C@H](C(C)C)N(COC(=O)CCC)C(=O)[C@@H](NC(=O)[C@H]2CCCCN2)C(C)CC)OC(C)=O)n1. The Bertz CT molecular complexity index is 1760. The summed E-state index contributed by atoms with van der Waals surface area (Å²) in [5.41, 5.74) is 5.17. The molecule has 7 atom stereocenters. The third-order valence-corrected chi connectivity index (χ3v) is 11.7. The molecule has 1 aliphatic heterocycles. The minimum absolute atomic E-state index is 0.00243. The van der Waals surface area contributed by atoms with Gasteiger partial charge in [-0.1, -0.05) is 80.0 Å². The molecule has 6 N–H and O–H groups in total. The van der Waals surface area contributed by atoms with Gasteiger partial charge in [0.1, 0.15) is 16.7 Å². The Labute approximate surface area is 381 Å². The van der Waals surface area contributed by atoms with E-state index in [0.717, 1.165) is 30.4 Å². The number of hydrazine groups is 1. The van der Waals surface area contributed by atoms with Crippen LogP contribution >= 0.6 is 11.3 Å². The number of aliphatic hydroxyl groups is 1. The van der Waals surface area contributed by atoms with E-state index >= 15 is 0 Å². The van der Waals surface area contributed by atoms with Gasteiger partial charge in [0, 0.05) is 43.1 Å². The molecule has 358 valence electrons. The quantitative estimate of drug-likeness (QED) is 0.0160. The lowest BCUT2D eigenvalue weighted by Gasteiger charge is -2.39. The summed E-state index contributed by atoms with van der Waals surface area (Å²) in [5, 5.41) is 20.2. The summed E-state index contributed by atoms with van der Waals surface area (Å²) in [5.74, 6) is -4.28. The van der Waals surface area contributed by atoms with Crippen LogP contribution in [0.5, 0.6) is 0 Å². The van der Waals surface area contributed by atoms with E-state index < -0.39 is 78.7 Å². The zero-order valence-corrected chi connectivity index (χ0v) is 39.6. The van der Waals surface area contributed by atoms with Gasteiger partial charge in [-0.05, 0) is 68.6 Å². The summed E-state index contributed by atoms with van der Waals surface area (Å²) >= 11 is 1.07. The minimum atomic E-state index is -1.04. The van der Waals surface area contributed by atoms with Crippen molar-refractivity contribution < 1.29 is 52.9 Å². The molecule has 2 rings (SSSR count). The smallest absolute Gasteiger partial charge is 0.426 e. The molecule has 0 aliphatic carbocycles. The lowest BCUT2D eigenvalue weighted by Crippen LogP contribution is -2.59. The van der Waals surface area contributed by atoms with Crippen LogP contribution in [0.2, 0.25) is 0 Å². The van der Waals surface area contributed by atoms with Gasteiger partial charge >= 0.3 is 18.0 Å². The predicted molar refractivity (Wildman–Crippen MR) is 242 cm³/mol. The number of nitrogens with one attached hydrogen (secondary N) is 5. The molecule has 0 bridgehead atoms. The summed E-state index contributed by atoms with van der Waals surface area (Å²) < 4.78 is 16.4. The molecule has 64 heavy (non-hydrogen) atoms. The highest BCUT2D eigenvalue weighted by molar-refractivity contribution is 7.09. The number of carbonyl (C=O) groups excluding carboxylic acids is 7. The van der Waals surface area contributed by atoms with Crippen LogP contribution in [0.3, 0.4) is 0 Å². The number of nitrogens with zero attached hydrogens (tertiary/aromatic N) is 2. The molecular formula is C45H71N7O11S. The summed E-state index contributed by atoms with van der Waals surface area (Å²) in [7, 11) is 0. The molecule has 1 saturated heterocycles. The Morgan fingerprint density at radius 3 is 2.34 bits per heavy atom. The summed E-state index contributed by atoms with van der Waals surface area (Å²) in [6.45, 7) is 18.4. The Balaban J connectivity index is 2.48. The van der Waals surface area contributed by atoms with Crippen LogP contribution in [0.1, 0.15) is 141 Å². The van der Waals surface area contributed by atoms with Crippen LogP contribution in [0, 0.1) is 17.8 Å². The maximum absolute atomic E-state index is 14.7. The first-order valence-corrected chi connectivity index (χ1v) is 23.2. The second kappa shape index (κ2) is 29.2. The second-order valence-electron chi connectivity index (χ2n) is 16.3. The lowest BCUT2D eigenvalue weighted by molar-refractivity contribution is -0.160. The van der Waals surface area contributed by atoms with Crippen LogP contribution in [0.4, 0.5) is 4.79 Å². The Hall–Kier alpha value is -5.30. The first-order chi connectivity index (χ1) is 30.5. The van der Waals surface area contributed by atoms with Crippen LogP contribution in [0.15, 0.2) is 42.0 Å². The number of piperidine rings is 1. The van der Waals surface area contributed by atoms with E-state index in [9.17, 15) is 38.7 Å². The third kappa shape index (κ3) is 18.8. The molecule has 1 aliphatic rings. The molecule has 2 heterocycles. The van der Waals surface area contributed by atoms with Crippen molar-refractivity contribution in [3.8, 4) is 0 Å². The van der Waals surface area contributed by atoms with Crippen molar-refractivity contribution in [3.05, 3.63) is 52.7 Å². The number of hydrogen-bond acceptors (Lipinski definition) is 14. The molecule has 0 saturated carbocycles. The van der Waals surface area contributed by atoms with E-state index in [0.29, 0.717) is 37.8 Å². The van der Waals surface area contributed by atoms with E-state index in [-0.39, 0.29) is 60.7 Å². The molecule has 5 amide bonds. The van der Waals surface area contributed by atoms with E-state index in [2.05, 4.69) is 38.4 Å². The van der Waals surface area contributed by atoms with Crippen LogP contribution in [0.25, 0.3) is 0 Å². The molecule has 0 spiro atoms. The lowest BCUT2D eigenvalue weighted by atomic mass is 9.92. The third-order valence-electron chi connectivity index (χ3n) is 10.8.